The van der Waals surface area contributed by atoms with Crippen LogP contribution in [0.2, 0.25) is 0 Å². The Bertz CT molecular complexity index is 909. The van der Waals surface area contributed by atoms with E-state index in [4.69, 9.17) is 0 Å². The highest BCUT2D eigenvalue weighted by Crippen LogP contribution is 2.20. The quantitative estimate of drug-likeness (QED) is 0.747. The number of carbonyl (C=O) groups excluding carboxylic acids is 1. The van der Waals surface area contributed by atoms with Gasteiger partial charge in [0.25, 0.3) is 5.56 Å². The summed E-state index contributed by atoms with van der Waals surface area (Å²) in [5, 5.41) is 13.8. The van der Waals surface area contributed by atoms with Crippen LogP contribution in [0, 0.1) is 13.8 Å². The number of aryl methyl sites for hydroxylation is 3. The predicted molar refractivity (Wildman–Crippen MR) is 83.1 cm³/mol. The fraction of sp³-hybridized carbons (Fsp3) is 0.308. The smallest absolute Gasteiger partial charge is 0.273 e. The summed E-state index contributed by atoms with van der Waals surface area (Å²) >= 11 is 1.25. The molecule has 0 saturated carbocycles. The van der Waals surface area contributed by atoms with E-state index in [1.807, 2.05) is 13.8 Å². The molecule has 114 valence electrons. The lowest BCUT2D eigenvalue weighted by molar-refractivity contribution is -0.115. The second-order valence-electron chi connectivity index (χ2n) is 4.97. The first kappa shape index (κ1) is 14.4. The van der Waals surface area contributed by atoms with Crippen LogP contribution in [-0.4, -0.2) is 30.9 Å². The van der Waals surface area contributed by atoms with Gasteiger partial charge in [-0.05, 0) is 25.0 Å². The monoisotopic (exact) mass is 318 g/mol. The van der Waals surface area contributed by atoms with Crippen LogP contribution in [-0.2, 0) is 18.3 Å². The van der Waals surface area contributed by atoms with Crippen LogP contribution < -0.4 is 10.9 Å². The molecule has 0 aliphatic carbocycles. The van der Waals surface area contributed by atoms with Crippen LogP contribution in [0.4, 0.5) is 5.13 Å². The van der Waals surface area contributed by atoms with E-state index in [0.717, 1.165) is 16.8 Å². The molecular formula is C13H14N6O2S. The number of aromatic nitrogens is 5. The van der Waals surface area contributed by atoms with Gasteiger partial charge in [0, 0.05) is 12.7 Å². The summed E-state index contributed by atoms with van der Waals surface area (Å²) in [5.74, 6) is -0.212. The van der Waals surface area contributed by atoms with Crippen LogP contribution in [0.1, 0.15) is 16.8 Å². The SMILES string of the molecule is Cc1nc2c(c(C)c1CC(=O)Nc1nncs1)c(=O)[nH]n2C. The summed E-state index contributed by atoms with van der Waals surface area (Å²) < 4.78 is 1.59. The molecule has 0 atom stereocenters. The van der Waals surface area contributed by atoms with E-state index in [1.54, 1.807) is 17.2 Å². The fourth-order valence-corrected chi connectivity index (χ4v) is 2.92. The lowest BCUT2D eigenvalue weighted by Gasteiger charge is -2.10. The second-order valence-corrected chi connectivity index (χ2v) is 5.80. The molecule has 2 N–H and O–H groups in total. The number of hydrogen-bond acceptors (Lipinski definition) is 6. The lowest BCUT2D eigenvalue weighted by Crippen LogP contribution is -2.17. The molecule has 3 aromatic rings. The summed E-state index contributed by atoms with van der Waals surface area (Å²) in [6.45, 7) is 3.66. The molecule has 0 aliphatic heterocycles. The molecule has 3 heterocycles. The van der Waals surface area contributed by atoms with Gasteiger partial charge in [0.15, 0.2) is 5.65 Å². The van der Waals surface area contributed by atoms with Crippen molar-refractivity contribution in [2.45, 2.75) is 20.3 Å². The number of amides is 1. The normalized spacial score (nSPS) is 11.0. The summed E-state index contributed by atoms with van der Waals surface area (Å²) in [6, 6.07) is 0. The minimum Gasteiger partial charge on any atom is -0.300 e. The van der Waals surface area contributed by atoms with Gasteiger partial charge in [-0.2, -0.15) is 0 Å². The van der Waals surface area contributed by atoms with Gasteiger partial charge in [0.2, 0.25) is 11.0 Å². The molecule has 22 heavy (non-hydrogen) atoms. The van der Waals surface area contributed by atoms with Crippen molar-refractivity contribution in [2.24, 2.45) is 7.05 Å². The Morgan fingerprint density at radius 2 is 2.23 bits per heavy atom. The molecule has 9 heteroatoms. The van der Waals surface area contributed by atoms with Crippen LogP contribution >= 0.6 is 11.3 Å². The van der Waals surface area contributed by atoms with E-state index in [2.05, 4.69) is 25.6 Å². The number of pyridine rings is 1. The van der Waals surface area contributed by atoms with Gasteiger partial charge in [0.05, 0.1) is 11.8 Å². The fourth-order valence-electron chi connectivity index (χ4n) is 2.46. The molecule has 0 fully saturated rings. The van der Waals surface area contributed by atoms with Gasteiger partial charge in [-0.1, -0.05) is 11.3 Å². The Kier molecular flexibility index (Phi) is 3.49. The number of nitrogens with one attached hydrogen (secondary N) is 2. The van der Waals surface area contributed by atoms with E-state index in [-0.39, 0.29) is 17.9 Å². The Morgan fingerprint density at radius 3 is 2.91 bits per heavy atom. The maximum Gasteiger partial charge on any atom is 0.273 e. The average molecular weight is 318 g/mol. The molecule has 0 spiro atoms. The van der Waals surface area contributed by atoms with Crippen molar-refractivity contribution >= 4 is 33.4 Å². The van der Waals surface area contributed by atoms with E-state index >= 15 is 0 Å². The van der Waals surface area contributed by atoms with Gasteiger partial charge < -0.3 is 5.32 Å². The van der Waals surface area contributed by atoms with Crippen LogP contribution in [0.25, 0.3) is 11.0 Å². The Balaban J connectivity index is 1.98. The van der Waals surface area contributed by atoms with E-state index in [0.29, 0.717) is 16.2 Å². The first-order valence-electron chi connectivity index (χ1n) is 6.58. The largest absolute Gasteiger partial charge is 0.300 e. The Labute approximate surface area is 129 Å². The van der Waals surface area contributed by atoms with Crippen molar-refractivity contribution in [3.8, 4) is 0 Å². The molecule has 3 aromatic heterocycles. The number of carbonyl (C=O) groups is 1. The highest BCUT2D eigenvalue weighted by Gasteiger charge is 2.17. The van der Waals surface area contributed by atoms with Gasteiger partial charge in [-0.15, -0.1) is 10.2 Å². The van der Waals surface area contributed by atoms with Crippen LogP contribution in [0.5, 0.6) is 0 Å². The lowest BCUT2D eigenvalue weighted by atomic mass is 10.0. The molecular weight excluding hydrogens is 304 g/mol. The number of anilines is 1. The van der Waals surface area contributed by atoms with Crippen molar-refractivity contribution in [1.29, 1.82) is 0 Å². The zero-order valence-corrected chi connectivity index (χ0v) is 13.1. The Hall–Kier alpha value is -2.55. The number of nitrogens with zero attached hydrogens (tertiary/aromatic N) is 4. The van der Waals surface area contributed by atoms with E-state index in [1.165, 1.54) is 11.3 Å². The van der Waals surface area contributed by atoms with Gasteiger partial charge in [0.1, 0.15) is 5.51 Å². The summed E-state index contributed by atoms with van der Waals surface area (Å²) in [5.41, 5.74) is 4.19. The summed E-state index contributed by atoms with van der Waals surface area (Å²) in [4.78, 5) is 28.5. The third kappa shape index (κ3) is 2.39. The minimum absolute atomic E-state index is 0.133. The highest BCUT2D eigenvalue weighted by atomic mass is 32.1. The van der Waals surface area contributed by atoms with E-state index in [9.17, 15) is 9.59 Å². The molecule has 1 amide bonds. The number of H-pyrrole nitrogens is 1. The molecule has 0 aromatic carbocycles. The Morgan fingerprint density at radius 1 is 1.45 bits per heavy atom. The average Bonchev–Trinajstić information content (AvgIpc) is 3.04. The maximum atomic E-state index is 12.1. The van der Waals surface area contributed by atoms with Crippen molar-refractivity contribution in [3.05, 3.63) is 32.7 Å². The predicted octanol–water partition coefficient (Wildman–Crippen LogP) is 0.911. The molecule has 8 nitrogen and oxygen atoms in total. The number of hydrogen-bond donors (Lipinski definition) is 2. The summed E-state index contributed by atoms with van der Waals surface area (Å²) in [7, 11) is 1.73. The van der Waals surface area contributed by atoms with Crippen molar-refractivity contribution in [2.75, 3.05) is 5.32 Å². The van der Waals surface area contributed by atoms with E-state index < -0.39 is 0 Å². The molecule has 0 bridgehead atoms. The zero-order valence-electron chi connectivity index (χ0n) is 12.3. The first-order chi connectivity index (χ1) is 10.5. The third-order valence-electron chi connectivity index (χ3n) is 3.52. The number of rotatable bonds is 3. The van der Waals surface area contributed by atoms with Gasteiger partial charge in [-0.3, -0.25) is 19.4 Å². The molecule has 0 unspecified atom stereocenters. The molecule has 3 rings (SSSR count). The second kappa shape index (κ2) is 5.34. The molecule has 0 aliphatic rings. The number of aromatic amines is 1. The zero-order chi connectivity index (χ0) is 15.9. The minimum atomic E-state index is -0.212. The number of fused-ring (bicyclic) bond motifs is 1. The summed E-state index contributed by atoms with van der Waals surface area (Å²) in [6.07, 6.45) is 0.133. The molecule has 0 saturated heterocycles. The first-order valence-corrected chi connectivity index (χ1v) is 7.46. The van der Waals surface area contributed by atoms with Gasteiger partial charge >= 0.3 is 0 Å². The molecule has 0 radical (unpaired) electrons. The van der Waals surface area contributed by atoms with Crippen molar-refractivity contribution < 1.29 is 4.79 Å². The highest BCUT2D eigenvalue weighted by molar-refractivity contribution is 7.13. The third-order valence-corrected chi connectivity index (χ3v) is 4.13. The van der Waals surface area contributed by atoms with Crippen LogP contribution in [0.3, 0.4) is 0 Å². The maximum absolute atomic E-state index is 12.1. The van der Waals surface area contributed by atoms with Crippen LogP contribution in [0.15, 0.2) is 10.3 Å². The standard InChI is InChI=1S/C13H14N6O2S/c1-6-8(4-9(20)16-13-17-14-5-22-13)7(2)15-11-10(6)12(21)18-19(11)3/h5H,4H2,1-3H3,(H,18,21)(H,16,17,20). The van der Waals surface area contributed by atoms with Crippen molar-refractivity contribution in [3.63, 3.8) is 0 Å². The van der Waals surface area contributed by atoms with Gasteiger partial charge in [-0.25, -0.2) is 4.98 Å². The topological polar surface area (TPSA) is 106 Å². The van der Waals surface area contributed by atoms with Crippen molar-refractivity contribution in [1.82, 2.24) is 25.0 Å².